The number of carboxylic acids is 1. The predicted molar refractivity (Wildman–Crippen MR) is 143 cm³/mol. The third-order valence-corrected chi connectivity index (χ3v) is 6.22. The molecule has 15 heteroatoms. The van der Waals surface area contributed by atoms with Crippen LogP contribution >= 0.6 is 11.8 Å². The Morgan fingerprint density at radius 2 is 1.26 bits per heavy atom. The molecule has 39 heavy (non-hydrogen) atoms. The number of aromatic hydroxyl groups is 1. The Kier molecular flexibility index (Phi) is 14.4. The van der Waals surface area contributed by atoms with E-state index in [9.17, 15) is 39.0 Å². The lowest BCUT2D eigenvalue weighted by Crippen LogP contribution is -2.57. The predicted octanol–water partition coefficient (Wildman–Crippen LogP) is -1.91. The molecule has 0 radical (unpaired) electrons. The van der Waals surface area contributed by atoms with Crippen LogP contribution in [-0.4, -0.2) is 81.9 Å². The summed E-state index contributed by atoms with van der Waals surface area (Å²) in [4.78, 5) is 72.7. The van der Waals surface area contributed by atoms with E-state index in [4.69, 9.17) is 17.2 Å². The van der Waals surface area contributed by atoms with Crippen LogP contribution in [0.15, 0.2) is 24.3 Å². The van der Waals surface area contributed by atoms with E-state index in [1.54, 1.807) is 18.4 Å². The molecule has 0 saturated heterocycles. The fourth-order valence-electron chi connectivity index (χ4n) is 3.41. The van der Waals surface area contributed by atoms with Gasteiger partial charge in [0.25, 0.3) is 0 Å². The molecule has 4 atom stereocenters. The number of carboxylic acid groups (broad SMARTS) is 1. The lowest BCUT2D eigenvalue weighted by atomic mass is 10.0. The first-order chi connectivity index (χ1) is 18.3. The lowest BCUT2D eigenvalue weighted by molar-refractivity contribution is -0.142. The molecule has 4 unspecified atom stereocenters. The minimum Gasteiger partial charge on any atom is -0.508 e. The van der Waals surface area contributed by atoms with E-state index in [0.717, 1.165) is 0 Å². The van der Waals surface area contributed by atoms with Gasteiger partial charge >= 0.3 is 5.97 Å². The first kappa shape index (κ1) is 33.2. The zero-order chi connectivity index (χ0) is 29.5. The Hall–Kier alpha value is -3.85. The molecule has 0 heterocycles. The van der Waals surface area contributed by atoms with Gasteiger partial charge in [-0.25, -0.2) is 4.79 Å². The van der Waals surface area contributed by atoms with Crippen LogP contribution < -0.4 is 33.2 Å². The quantitative estimate of drug-likeness (QED) is 0.0974. The molecule has 1 rings (SSSR count). The summed E-state index contributed by atoms with van der Waals surface area (Å²) >= 11 is 1.38. The van der Waals surface area contributed by atoms with E-state index in [-0.39, 0.29) is 44.3 Å². The number of phenols is 1. The summed E-state index contributed by atoms with van der Waals surface area (Å²) in [6, 6.07) is 1.10. The van der Waals surface area contributed by atoms with Gasteiger partial charge in [0, 0.05) is 12.8 Å². The van der Waals surface area contributed by atoms with E-state index in [1.807, 2.05) is 0 Å². The van der Waals surface area contributed by atoms with Crippen LogP contribution in [0.3, 0.4) is 0 Å². The van der Waals surface area contributed by atoms with Crippen LogP contribution in [0.1, 0.15) is 37.7 Å². The second-order valence-corrected chi connectivity index (χ2v) is 9.78. The van der Waals surface area contributed by atoms with Crippen LogP contribution in [0, 0.1) is 0 Å². The summed E-state index contributed by atoms with van der Waals surface area (Å²) in [5.74, 6) is -4.67. The second kappa shape index (κ2) is 16.9. The van der Waals surface area contributed by atoms with E-state index < -0.39 is 59.7 Å². The highest BCUT2D eigenvalue weighted by Crippen LogP contribution is 2.11. The Morgan fingerprint density at radius 3 is 1.74 bits per heavy atom. The number of hydrogen-bond donors (Lipinski definition) is 8. The van der Waals surface area contributed by atoms with Gasteiger partial charge in [0.15, 0.2) is 0 Å². The van der Waals surface area contributed by atoms with Crippen molar-refractivity contribution >= 4 is 47.3 Å². The molecule has 11 N–H and O–H groups in total. The van der Waals surface area contributed by atoms with Gasteiger partial charge in [-0.05, 0) is 55.4 Å². The van der Waals surface area contributed by atoms with Crippen molar-refractivity contribution in [1.29, 1.82) is 0 Å². The second-order valence-electron chi connectivity index (χ2n) is 8.79. The zero-order valence-electron chi connectivity index (χ0n) is 21.6. The van der Waals surface area contributed by atoms with E-state index in [2.05, 4.69) is 16.0 Å². The fourth-order valence-corrected chi connectivity index (χ4v) is 3.88. The number of hydrogen-bond acceptors (Lipinski definition) is 9. The minimum absolute atomic E-state index is 0.0440. The van der Waals surface area contributed by atoms with Gasteiger partial charge in [0.05, 0.1) is 6.04 Å². The first-order valence-electron chi connectivity index (χ1n) is 12.1. The van der Waals surface area contributed by atoms with E-state index in [1.165, 1.54) is 23.9 Å². The standard InChI is InChI=1S/C24H36N6O8S/c1-39-11-10-17(23(36)30-18(24(37)38)7-9-20(27)33)29-22(35)16(6-8-19(26)32)28-21(34)15(25)12-13-2-4-14(31)5-3-13/h2-5,15-18,31H,6-12,25H2,1H3,(H2,26,32)(H2,27,33)(H,28,34)(H,29,35)(H,30,36)(H,37,38). The van der Waals surface area contributed by atoms with Crippen molar-refractivity contribution in [3.8, 4) is 5.75 Å². The Balaban J connectivity index is 2.98. The maximum Gasteiger partial charge on any atom is 0.326 e. The number of thioether (sulfide) groups is 1. The van der Waals surface area contributed by atoms with Crippen molar-refractivity contribution in [2.45, 2.75) is 62.7 Å². The Labute approximate surface area is 229 Å². The molecule has 1 aromatic carbocycles. The number of phenolic OH excluding ortho intramolecular Hbond substituents is 1. The monoisotopic (exact) mass is 568 g/mol. The maximum absolute atomic E-state index is 13.1. The SMILES string of the molecule is CSCCC(NC(=O)C(CCC(N)=O)NC(=O)C(N)Cc1ccc(O)cc1)C(=O)NC(CCC(N)=O)C(=O)O. The summed E-state index contributed by atoms with van der Waals surface area (Å²) in [5.41, 5.74) is 16.9. The Bertz CT molecular complexity index is 1020. The largest absolute Gasteiger partial charge is 0.508 e. The van der Waals surface area contributed by atoms with E-state index in [0.29, 0.717) is 11.3 Å². The zero-order valence-corrected chi connectivity index (χ0v) is 22.4. The first-order valence-corrected chi connectivity index (χ1v) is 13.5. The van der Waals surface area contributed by atoms with Crippen LogP contribution in [0.25, 0.3) is 0 Å². The third-order valence-electron chi connectivity index (χ3n) is 5.58. The molecule has 14 nitrogen and oxygen atoms in total. The number of aliphatic carboxylic acids is 1. The smallest absolute Gasteiger partial charge is 0.326 e. The average Bonchev–Trinajstić information content (AvgIpc) is 2.87. The van der Waals surface area contributed by atoms with Gasteiger partial charge in [-0.1, -0.05) is 12.1 Å². The summed E-state index contributed by atoms with van der Waals surface area (Å²) < 4.78 is 0. The normalized spacial score (nSPS) is 13.8. The number of rotatable bonds is 18. The van der Waals surface area contributed by atoms with Crippen molar-refractivity contribution in [3.63, 3.8) is 0 Å². The molecule has 0 aliphatic carbocycles. The summed E-state index contributed by atoms with van der Waals surface area (Å²) in [5, 5.41) is 26.1. The molecule has 0 aliphatic heterocycles. The maximum atomic E-state index is 13.1. The third kappa shape index (κ3) is 13.0. The Morgan fingerprint density at radius 1 is 0.795 bits per heavy atom. The fraction of sp³-hybridized carbons (Fsp3) is 0.500. The summed E-state index contributed by atoms with van der Waals surface area (Å²) in [7, 11) is 0. The highest BCUT2D eigenvalue weighted by Gasteiger charge is 2.30. The van der Waals surface area contributed by atoms with Crippen molar-refractivity contribution in [3.05, 3.63) is 29.8 Å². The van der Waals surface area contributed by atoms with Crippen LogP contribution in [0.5, 0.6) is 5.75 Å². The van der Waals surface area contributed by atoms with Crippen LogP contribution in [0.2, 0.25) is 0 Å². The van der Waals surface area contributed by atoms with Gasteiger partial charge in [0.1, 0.15) is 23.9 Å². The van der Waals surface area contributed by atoms with Gasteiger partial charge in [-0.2, -0.15) is 11.8 Å². The molecule has 0 aliphatic rings. The van der Waals surface area contributed by atoms with Gasteiger partial charge < -0.3 is 43.4 Å². The minimum atomic E-state index is -1.41. The highest BCUT2D eigenvalue weighted by molar-refractivity contribution is 7.98. The van der Waals surface area contributed by atoms with Crippen LogP contribution in [0.4, 0.5) is 0 Å². The average molecular weight is 569 g/mol. The number of nitrogens with one attached hydrogen (secondary N) is 3. The number of benzene rings is 1. The lowest BCUT2D eigenvalue weighted by Gasteiger charge is -2.25. The number of carbonyl (C=O) groups is 6. The van der Waals surface area contributed by atoms with Crippen molar-refractivity contribution in [1.82, 2.24) is 16.0 Å². The van der Waals surface area contributed by atoms with Gasteiger partial charge in [-0.3, -0.25) is 24.0 Å². The van der Waals surface area contributed by atoms with Crippen molar-refractivity contribution in [2.75, 3.05) is 12.0 Å². The van der Waals surface area contributed by atoms with E-state index >= 15 is 0 Å². The van der Waals surface area contributed by atoms with Crippen molar-refractivity contribution in [2.24, 2.45) is 17.2 Å². The molecule has 0 fully saturated rings. The number of nitrogens with two attached hydrogens (primary N) is 3. The number of primary amides is 2. The molecule has 0 aromatic heterocycles. The molecule has 0 saturated carbocycles. The number of carbonyl (C=O) groups excluding carboxylic acids is 5. The molecule has 0 spiro atoms. The topological polar surface area (TPSA) is 257 Å². The molecular formula is C24H36N6O8S. The van der Waals surface area contributed by atoms with Crippen LogP contribution in [-0.2, 0) is 35.2 Å². The van der Waals surface area contributed by atoms with Crippen molar-refractivity contribution < 1.29 is 39.0 Å². The summed E-state index contributed by atoms with van der Waals surface area (Å²) in [6.07, 6.45) is 1.05. The molecule has 1 aromatic rings. The molecule has 5 amide bonds. The molecule has 0 bridgehead atoms. The molecule has 216 valence electrons. The highest BCUT2D eigenvalue weighted by atomic mass is 32.2. The van der Waals surface area contributed by atoms with Gasteiger partial charge in [0.2, 0.25) is 29.5 Å². The number of amides is 5. The summed E-state index contributed by atoms with van der Waals surface area (Å²) in [6.45, 7) is 0. The van der Waals surface area contributed by atoms with Gasteiger partial charge in [-0.15, -0.1) is 0 Å². The molecular weight excluding hydrogens is 532 g/mol.